The predicted molar refractivity (Wildman–Crippen MR) is 106 cm³/mol. The third-order valence-electron chi connectivity index (χ3n) is 4.87. The smallest absolute Gasteiger partial charge is 0.338 e. The van der Waals surface area contributed by atoms with E-state index in [1.807, 2.05) is 0 Å². The third kappa shape index (κ3) is 3.99. The number of hydrogen-bond donors (Lipinski definition) is 1. The first-order valence-electron chi connectivity index (χ1n) is 8.77. The average Bonchev–Trinajstić information content (AvgIpc) is 2.94. The normalized spacial score (nSPS) is 24.3. The summed E-state index contributed by atoms with van der Waals surface area (Å²) >= 11 is 12.3. The summed E-state index contributed by atoms with van der Waals surface area (Å²) in [4.78, 5) is 26.9. The van der Waals surface area contributed by atoms with Gasteiger partial charge in [0.1, 0.15) is 0 Å². The number of nitrogens with one attached hydrogen (secondary N) is 1. The van der Waals surface area contributed by atoms with Crippen LogP contribution in [0.3, 0.4) is 0 Å². The SMILES string of the molecule is CCOC(=O)C1=C(C)N([C@H]2CCS(=O)(=O)C2)C(=O)N[C@@H]1c1ccc(Cl)cc1Cl. The number of halogens is 2. The van der Waals surface area contributed by atoms with E-state index in [2.05, 4.69) is 5.32 Å². The van der Waals surface area contributed by atoms with Crippen molar-refractivity contribution in [3.63, 3.8) is 0 Å². The molecule has 2 atom stereocenters. The van der Waals surface area contributed by atoms with E-state index in [1.54, 1.807) is 26.0 Å². The molecule has 10 heteroatoms. The molecule has 0 unspecified atom stereocenters. The van der Waals surface area contributed by atoms with Crippen molar-refractivity contribution >= 4 is 45.0 Å². The zero-order valence-corrected chi connectivity index (χ0v) is 17.7. The van der Waals surface area contributed by atoms with Crippen molar-refractivity contribution in [2.75, 3.05) is 18.1 Å². The molecule has 2 aliphatic rings. The summed E-state index contributed by atoms with van der Waals surface area (Å²) in [7, 11) is -3.21. The largest absolute Gasteiger partial charge is 0.463 e. The summed E-state index contributed by atoms with van der Waals surface area (Å²) in [6, 6.07) is 2.93. The van der Waals surface area contributed by atoms with Crippen LogP contribution in [-0.2, 0) is 19.4 Å². The van der Waals surface area contributed by atoms with E-state index in [1.165, 1.54) is 11.0 Å². The Morgan fingerprint density at radius 3 is 2.64 bits per heavy atom. The number of allylic oxidation sites excluding steroid dienone is 1. The molecule has 2 heterocycles. The quantitative estimate of drug-likeness (QED) is 0.717. The summed E-state index contributed by atoms with van der Waals surface area (Å²) in [5.74, 6) is -0.724. The summed E-state index contributed by atoms with van der Waals surface area (Å²) in [5, 5.41) is 3.49. The number of ether oxygens (including phenoxy) is 1. The molecule has 0 spiro atoms. The number of rotatable bonds is 4. The molecule has 1 fully saturated rings. The molecule has 7 nitrogen and oxygen atoms in total. The number of amides is 2. The number of nitrogens with zero attached hydrogens (tertiary/aromatic N) is 1. The lowest BCUT2D eigenvalue weighted by molar-refractivity contribution is -0.139. The first-order valence-corrected chi connectivity index (χ1v) is 11.4. The lowest BCUT2D eigenvalue weighted by Crippen LogP contribution is -2.52. The Morgan fingerprint density at radius 2 is 2.07 bits per heavy atom. The minimum atomic E-state index is -3.21. The lowest BCUT2D eigenvalue weighted by atomic mass is 9.94. The van der Waals surface area contributed by atoms with Crippen molar-refractivity contribution in [3.05, 3.63) is 45.1 Å². The number of esters is 1. The van der Waals surface area contributed by atoms with Crippen molar-refractivity contribution in [3.8, 4) is 0 Å². The fourth-order valence-electron chi connectivity index (χ4n) is 3.62. The van der Waals surface area contributed by atoms with Gasteiger partial charge in [-0.05, 0) is 38.0 Å². The van der Waals surface area contributed by atoms with Gasteiger partial charge in [0.25, 0.3) is 0 Å². The Labute approximate surface area is 173 Å². The van der Waals surface area contributed by atoms with Crippen LogP contribution in [0.4, 0.5) is 4.79 Å². The monoisotopic (exact) mass is 446 g/mol. The highest BCUT2D eigenvalue weighted by Crippen LogP contribution is 2.37. The van der Waals surface area contributed by atoms with Crippen LogP contribution in [-0.4, -0.2) is 49.5 Å². The van der Waals surface area contributed by atoms with Gasteiger partial charge in [-0.3, -0.25) is 4.90 Å². The van der Waals surface area contributed by atoms with E-state index in [0.29, 0.717) is 27.7 Å². The van der Waals surface area contributed by atoms with Gasteiger partial charge in [0.15, 0.2) is 9.84 Å². The first kappa shape index (κ1) is 21.0. The van der Waals surface area contributed by atoms with Crippen LogP contribution >= 0.6 is 23.2 Å². The zero-order chi connectivity index (χ0) is 20.6. The molecule has 0 bridgehead atoms. The molecular weight excluding hydrogens is 427 g/mol. The number of carbonyl (C=O) groups is 2. The minimum Gasteiger partial charge on any atom is -0.463 e. The molecule has 0 radical (unpaired) electrons. The van der Waals surface area contributed by atoms with E-state index in [9.17, 15) is 18.0 Å². The number of urea groups is 1. The molecule has 2 aliphatic heterocycles. The molecule has 1 saturated heterocycles. The Kier molecular flexibility index (Phi) is 5.93. The Morgan fingerprint density at radius 1 is 1.36 bits per heavy atom. The standard InChI is InChI=1S/C18H20Cl2N2O5S/c1-3-27-17(23)15-10(2)22(12-6-7-28(25,26)9-12)18(24)21-16(15)13-5-4-11(19)8-14(13)20/h4-5,8,12,16H,3,6-7,9H2,1-2H3,(H,21,24)/t12-,16+/m0/s1. The van der Waals surface area contributed by atoms with Gasteiger partial charge in [-0.1, -0.05) is 29.3 Å². The molecule has 0 saturated carbocycles. The number of sulfone groups is 1. The second-order valence-corrected chi connectivity index (χ2v) is 9.77. The highest BCUT2D eigenvalue weighted by molar-refractivity contribution is 7.91. The maximum atomic E-state index is 12.9. The van der Waals surface area contributed by atoms with Gasteiger partial charge in [0, 0.05) is 15.7 Å². The molecule has 0 aliphatic carbocycles. The topological polar surface area (TPSA) is 92.8 Å². The molecule has 0 aromatic heterocycles. The summed E-state index contributed by atoms with van der Waals surface area (Å²) < 4.78 is 29.0. The average molecular weight is 447 g/mol. The molecule has 1 aromatic carbocycles. The van der Waals surface area contributed by atoms with Crippen molar-refractivity contribution in [1.29, 1.82) is 0 Å². The van der Waals surface area contributed by atoms with Crippen LogP contribution < -0.4 is 5.32 Å². The Hall–Kier alpha value is -1.77. The van der Waals surface area contributed by atoms with Crippen LogP contribution in [0.25, 0.3) is 0 Å². The van der Waals surface area contributed by atoms with Crippen molar-refractivity contribution in [2.24, 2.45) is 0 Å². The molecule has 152 valence electrons. The van der Waals surface area contributed by atoms with E-state index < -0.39 is 33.9 Å². The maximum Gasteiger partial charge on any atom is 0.338 e. The fraction of sp³-hybridized carbons (Fsp3) is 0.444. The number of hydrogen-bond acceptors (Lipinski definition) is 5. The molecule has 2 amide bonds. The highest BCUT2D eigenvalue weighted by Gasteiger charge is 2.43. The van der Waals surface area contributed by atoms with E-state index in [-0.39, 0.29) is 23.7 Å². The van der Waals surface area contributed by atoms with Gasteiger partial charge in [-0.25, -0.2) is 18.0 Å². The van der Waals surface area contributed by atoms with E-state index in [0.717, 1.165) is 0 Å². The predicted octanol–water partition coefficient (Wildman–Crippen LogP) is 3.08. The van der Waals surface area contributed by atoms with Gasteiger partial charge < -0.3 is 10.1 Å². The molecular formula is C18H20Cl2N2O5S. The van der Waals surface area contributed by atoms with Gasteiger partial charge in [0.05, 0.1) is 35.8 Å². The summed E-state index contributed by atoms with van der Waals surface area (Å²) in [6.45, 7) is 3.45. The van der Waals surface area contributed by atoms with Crippen LogP contribution in [0.2, 0.25) is 10.0 Å². The second kappa shape index (κ2) is 7.93. The summed E-state index contributed by atoms with van der Waals surface area (Å²) in [5.41, 5.74) is 1.08. The number of carbonyl (C=O) groups excluding carboxylic acids is 2. The highest BCUT2D eigenvalue weighted by atomic mass is 35.5. The van der Waals surface area contributed by atoms with E-state index in [4.69, 9.17) is 27.9 Å². The zero-order valence-electron chi connectivity index (χ0n) is 15.4. The van der Waals surface area contributed by atoms with Crippen LogP contribution in [0.5, 0.6) is 0 Å². The lowest BCUT2D eigenvalue weighted by Gasteiger charge is -2.38. The Bertz CT molecular complexity index is 961. The summed E-state index contributed by atoms with van der Waals surface area (Å²) in [6.07, 6.45) is 0.315. The molecule has 1 N–H and O–H groups in total. The third-order valence-corrected chi connectivity index (χ3v) is 7.18. The molecule has 28 heavy (non-hydrogen) atoms. The van der Waals surface area contributed by atoms with Gasteiger partial charge in [0.2, 0.25) is 0 Å². The van der Waals surface area contributed by atoms with Crippen molar-refractivity contribution < 1.29 is 22.7 Å². The van der Waals surface area contributed by atoms with Gasteiger partial charge in [-0.2, -0.15) is 0 Å². The maximum absolute atomic E-state index is 12.9. The van der Waals surface area contributed by atoms with Gasteiger partial charge in [-0.15, -0.1) is 0 Å². The number of benzene rings is 1. The first-order chi connectivity index (χ1) is 13.1. The fourth-order valence-corrected chi connectivity index (χ4v) is 5.84. The van der Waals surface area contributed by atoms with E-state index >= 15 is 0 Å². The van der Waals surface area contributed by atoms with Gasteiger partial charge >= 0.3 is 12.0 Å². The van der Waals surface area contributed by atoms with Crippen LogP contribution in [0.1, 0.15) is 31.9 Å². The van der Waals surface area contributed by atoms with Crippen molar-refractivity contribution in [1.82, 2.24) is 10.2 Å². The minimum absolute atomic E-state index is 0.00983. The second-order valence-electron chi connectivity index (χ2n) is 6.69. The van der Waals surface area contributed by atoms with Crippen molar-refractivity contribution in [2.45, 2.75) is 32.4 Å². The molecule has 1 aromatic rings. The Balaban J connectivity index is 2.09. The van der Waals surface area contributed by atoms with Crippen LogP contribution in [0.15, 0.2) is 29.5 Å². The van der Waals surface area contributed by atoms with Crippen LogP contribution in [0, 0.1) is 0 Å². The molecule has 3 rings (SSSR count).